The third-order valence-corrected chi connectivity index (χ3v) is 8.43. The lowest BCUT2D eigenvalue weighted by Crippen LogP contribution is -2.42. The summed E-state index contributed by atoms with van der Waals surface area (Å²) in [4.78, 5) is 2.61. The van der Waals surface area contributed by atoms with Crippen LogP contribution in [-0.4, -0.2) is 43.8 Å². The second kappa shape index (κ2) is 9.54. The predicted molar refractivity (Wildman–Crippen MR) is 121 cm³/mol. The van der Waals surface area contributed by atoms with Gasteiger partial charge in [0.15, 0.2) is 0 Å². The molecule has 2 aliphatic rings. The van der Waals surface area contributed by atoms with Crippen molar-refractivity contribution in [3.63, 3.8) is 0 Å². The molecule has 0 atom stereocenters. The van der Waals surface area contributed by atoms with Crippen molar-refractivity contribution in [3.8, 4) is 0 Å². The van der Waals surface area contributed by atoms with Crippen LogP contribution in [-0.2, 0) is 23.0 Å². The zero-order valence-corrected chi connectivity index (χ0v) is 19.2. The standard InChI is InChI=1S/C21H24Cl2N2O2S.ClH/c22-19-5-6-20(23)21(13-19)28(26,27)25-11-7-16(8-12-25)14-24-10-9-17-3-1-2-4-18(17)15-24;/h1-6,13,16H,7-12,14-15H2;1H. The van der Waals surface area contributed by atoms with Crippen molar-refractivity contribution < 1.29 is 8.42 Å². The molecule has 0 saturated carbocycles. The minimum Gasteiger partial charge on any atom is -0.298 e. The highest BCUT2D eigenvalue weighted by Crippen LogP contribution is 2.31. The maximum absolute atomic E-state index is 13.0. The van der Waals surface area contributed by atoms with Crippen LogP contribution in [0.15, 0.2) is 47.4 Å². The summed E-state index contributed by atoms with van der Waals surface area (Å²) in [7, 11) is -3.61. The number of rotatable bonds is 4. The van der Waals surface area contributed by atoms with Gasteiger partial charge in [0.1, 0.15) is 4.90 Å². The highest BCUT2D eigenvalue weighted by Gasteiger charge is 2.32. The van der Waals surface area contributed by atoms with E-state index in [1.54, 1.807) is 10.4 Å². The number of nitrogens with zero attached hydrogens (tertiary/aromatic N) is 2. The predicted octanol–water partition coefficient (Wildman–Crippen LogP) is 4.87. The second-order valence-electron chi connectivity index (χ2n) is 7.68. The fourth-order valence-corrected chi connectivity index (χ4v) is 6.43. The molecule has 29 heavy (non-hydrogen) atoms. The third kappa shape index (κ3) is 5.09. The normalized spacial score (nSPS) is 18.8. The van der Waals surface area contributed by atoms with Crippen LogP contribution < -0.4 is 0 Å². The lowest BCUT2D eigenvalue weighted by molar-refractivity contribution is 0.171. The number of piperidine rings is 1. The Kier molecular flexibility index (Phi) is 7.52. The Morgan fingerprint density at radius 1 is 0.966 bits per heavy atom. The first-order valence-electron chi connectivity index (χ1n) is 9.68. The van der Waals surface area contributed by atoms with Crippen molar-refractivity contribution in [2.45, 2.75) is 30.7 Å². The number of hydrogen-bond acceptors (Lipinski definition) is 3. The number of halogens is 3. The summed E-state index contributed by atoms with van der Waals surface area (Å²) in [5, 5.41) is 0.599. The van der Waals surface area contributed by atoms with Gasteiger partial charge in [0.25, 0.3) is 0 Å². The van der Waals surface area contributed by atoms with E-state index in [2.05, 4.69) is 29.2 Å². The Bertz CT molecular complexity index is 960. The number of hydrogen-bond donors (Lipinski definition) is 0. The first-order chi connectivity index (χ1) is 13.4. The fraction of sp³-hybridized carbons (Fsp3) is 0.429. The van der Waals surface area contributed by atoms with Crippen molar-refractivity contribution in [2.24, 2.45) is 5.92 Å². The molecule has 0 amide bonds. The van der Waals surface area contributed by atoms with Crippen molar-refractivity contribution >= 4 is 45.6 Å². The summed E-state index contributed by atoms with van der Waals surface area (Å²) in [5.41, 5.74) is 2.88. The van der Waals surface area contributed by atoms with E-state index >= 15 is 0 Å². The summed E-state index contributed by atoms with van der Waals surface area (Å²) < 4.78 is 27.5. The summed E-state index contributed by atoms with van der Waals surface area (Å²) in [6.45, 7) is 4.15. The van der Waals surface area contributed by atoms with Crippen LogP contribution >= 0.6 is 35.6 Å². The van der Waals surface area contributed by atoms with Gasteiger partial charge >= 0.3 is 0 Å². The maximum atomic E-state index is 13.0. The van der Waals surface area contributed by atoms with Gasteiger partial charge in [-0.3, -0.25) is 4.90 Å². The van der Waals surface area contributed by atoms with Gasteiger partial charge in [-0.25, -0.2) is 8.42 Å². The van der Waals surface area contributed by atoms with Crippen molar-refractivity contribution in [3.05, 3.63) is 63.6 Å². The Morgan fingerprint density at radius 2 is 1.66 bits per heavy atom. The van der Waals surface area contributed by atoms with Gasteiger partial charge in [0.05, 0.1) is 5.02 Å². The molecule has 0 aliphatic carbocycles. The van der Waals surface area contributed by atoms with Crippen LogP contribution in [0.2, 0.25) is 10.0 Å². The van der Waals surface area contributed by atoms with E-state index in [1.165, 1.54) is 23.3 Å². The summed E-state index contributed by atoms with van der Waals surface area (Å²) in [5.74, 6) is 0.520. The molecule has 8 heteroatoms. The van der Waals surface area contributed by atoms with E-state index in [0.717, 1.165) is 38.9 Å². The van der Waals surface area contributed by atoms with Gasteiger partial charge in [-0.2, -0.15) is 4.31 Å². The molecular formula is C21H25Cl3N2O2S. The first-order valence-corrected chi connectivity index (χ1v) is 11.9. The van der Waals surface area contributed by atoms with Gasteiger partial charge < -0.3 is 0 Å². The molecule has 4 nitrogen and oxygen atoms in total. The Labute approximate surface area is 189 Å². The number of sulfonamides is 1. The lowest BCUT2D eigenvalue weighted by atomic mass is 9.94. The summed E-state index contributed by atoms with van der Waals surface area (Å²) >= 11 is 12.1. The third-order valence-electron chi connectivity index (χ3n) is 5.81. The number of fused-ring (bicyclic) bond motifs is 1. The molecule has 1 fully saturated rings. The zero-order valence-electron chi connectivity index (χ0n) is 16.1. The van der Waals surface area contributed by atoms with E-state index in [9.17, 15) is 8.42 Å². The van der Waals surface area contributed by atoms with Gasteiger partial charge in [0.2, 0.25) is 10.0 Å². The van der Waals surface area contributed by atoms with Crippen molar-refractivity contribution in [2.75, 3.05) is 26.2 Å². The smallest absolute Gasteiger partial charge is 0.244 e. The minimum absolute atomic E-state index is 0. The average molecular weight is 476 g/mol. The molecule has 1 saturated heterocycles. The summed E-state index contributed by atoms with van der Waals surface area (Å²) in [6.07, 6.45) is 2.84. The van der Waals surface area contributed by atoms with Crippen LogP contribution in [0, 0.1) is 5.92 Å². The minimum atomic E-state index is -3.61. The van der Waals surface area contributed by atoms with E-state index < -0.39 is 10.0 Å². The zero-order chi connectivity index (χ0) is 19.7. The van der Waals surface area contributed by atoms with Crippen LogP contribution in [0.4, 0.5) is 0 Å². The number of benzene rings is 2. The molecule has 2 heterocycles. The fourth-order valence-electron chi connectivity index (χ4n) is 4.22. The van der Waals surface area contributed by atoms with E-state index in [4.69, 9.17) is 23.2 Å². The molecule has 0 bridgehead atoms. The van der Waals surface area contributed by atoms with Crippen molar-refractivity contribution in [1.29, 1.82) is 0 Å². The lowest BCUT2D eigenvalue weighted by Gasteiger charge is -2.36. The molecule has 4 rings (SSSR count). The van der Waals surface area contributed by atoms with Crippen molar-refractivity contribution in [1.82, 2.24) is 9.21 Å². The summed E-state index contributed by atoms with van der Waals surface area (Å²) in [6, 6.07) is 13.2. The Morgan fingerprint density at radius 3 is 2.38 bits per heavy atom. The van der Waals surface area contributed by atoms with E-state index in [1.807, 2.05) is 0 Å². The highest BCUT2D eigenvalue weighted by atomic mass is 35.5. The maximum Gasteiger partial charge on any atom is 0.244 e. The molecule has 2 aromatic carbocycles. The monoisotopic (exact) mass is 474 g/mol. The molecular weight excluding hydrogens is 451 g/mol. The molecule has 0 unspecified atom stereocenters. The topological polar surface area (TPSA) is 40.6 Å². The van der Waals surface area contributed by atoms with Gasteiger partial charge in [-0.05, 0) is 54.5 Å². The Balaban J connectivity index is 0.00000240. The quantitative estimate of drug-likeness (QED) is 0.633. The molecule has 2 aliphatic heterocycles. The first kappa shape index (κ1) is 22.9. The molecule has 0 radical (unpaired) electrons. The van der Waals surface area contributed by atoms with E-state index in [-0.39, 0.29) is 22.3 Å². The van der Waals surface area contributed by atoms with Crippen LogP contribution in [0.3, 0.4) is 0 Å². The molecule has 0 N–H and O–H groups in total. The highest BCUT2D eigenvalue weighted by molar-refractivity contribution is 7.89. The van der Waals surface area contributed by atoms with Gasteiger partial charge in [-0.15, -0.1) is 12.4 Å². The van der Waals surface area contributed by atoms with Gasteiger partial charge in [-0.1, -0.05) is 47.5 Å². The SMILES string of the molecule is Cl.O=S(=O)(c1cc(Cl)ccc1Cl)N1CCC(CN2CCc3ccccc3C2)CC1. The molecule has 0 spiro atoms. The van der Waals surface area contributed by atoms with Crippen LogP contribution in [0.25, 0.3) is 0 Å². The Hall–Kier alpha value is -0.820. The van der Waals surface area contributed by atoms with Crippen LogP contribution in [0.1, 0.15) is 24.0 Å². The second-order valence-corrected chi connectivity index (χ2v) is 10.4. The largest absolute Gasteiger partial charge is 0.298 e. The van der Waals surface area contributed by atoms with Gasteiger partial charge in [0, 0.05) is 37.7 Å². The molecule has 2 aromatic rings. The van der Waals surface area contributed by atoms with Crippen LogP contribution in [0.5, 0.6) is 0 Å². The van der Waals surface area contributed by atoms with E-state index in [0.29, 0.717) is 24.0 Å². The average Bonchev–Trinajstić information content (AvgIpc) is 2.70. The molecule has 0 aromatic heterocycles. The molecule has 158 valence electrons.